The third-order valence-electron chi connectivity index (χ3n) is 7.37. The Hall–Kier alpha value is -3.19. The minimum Gasteiger partial charge on any atom is -0.462 e. The predicted octanol–water partition coefficient (Wildman–Crippen LogP) is 5.70. The van der Waals surface area contributed by atoms with Gasteiger partial charge in [0.1, 0.15) is 12.7 Å². The maximum Gasteiger partial charge on any atom is 0.312 e. The number of ketones is 2. The summed E-state index contributed by atoms with van der Waals surface area (Å²) in [5.41, 5.74) is 1.23. The molecule has 38 heavy (non-hydrogen) atoms. The van der Waals surface area contributed by atoms with Crippen LogP contribution in [0.2, 0.25) is 0 Å². The van der Waals surface area contributed by atoms with Crippen LogP contribution in [0.4, 0.5) is 11.4 Å². The van der Waals surface area contributed by atoms with Crippen molar-refractivity contribution in [3.63, 3.8) is 0 Å². The van der Waals surface area contributed by atoms with Gasteiger partial charge in [0.25, 0.3) is 0 Å². The van der Waals surface area contributed by atoms with E-state index in [9.17, 15) is 19.5 Å². The molecule has 2 unspecified atom stereocenters. The first kappa shape index (κ1) is 29.4. The van der Waals surface area contributed by atoms with Gasteiger partial charge in [-0.1, -0.05) is 65.8 Å². The van der Waals surface area contributed by atoms with Crippen molar-refractivity contribution < 1.29 is 24.2 Å². The van der Waals surface area contributed by atoms with Gasteiger partial charge in [0.2, 0.25) is 0 Å². The fraction of sp³-hybridized carbons (Fsp3) is 0.516. The molecule has 1 aliphatic carbocycles. The van der Waals surface area contributed by atoms with E-state index in [4.69, 9.17) is 4.74 Å². The Kier molecular flexibility index (Phi) is 8.42. The number of rotatable bonds is 9. The number of benzene rings is 2. The molecule has 3 N–H and O–H groups in total. The summed E-state index contributed by atoms with van der Waals surface area (Å²) in [6.45, 7) is 16.6. The van der Waals surface area contributed by atoms with Gasteiger partial charge in [-0.05, 0) is 43.2 Å². The molecule has 7 heteroatoms. The van der Waals surface area contributed by atoms with Gasteiger partial charge >= 0.3 is 5.97 Å². The molecule has 3 rings (SSSR count). The highest BCUT2D eigenvalue weighted by molar-refractivity contribution is 6.31. The summed E-state index contributed by atoms with van der Waals surface area (Å²) in [7, 11) is 0. The lowest BCUT2D eigenvalue weighted by molar-refractivity contribution is -0.167. The molecule has 0 bridgehead atoms. The van der Waals surface area contributed by atoms with Gasteiger partial charge in [-0.2, -0.15) is 0 Å². The van der Waals surface area contributed by atoms with E-state index >= 15 is 0 Å². The number of aliphatic hydroxyl groups is 1. The second-order valence-corrected chi connectivity index (χ2v) is 12.6. The number of aliphatic hydroxyl groups excluding tert-OH is 1. The molecule has 2 aromatic carbocycles. The molecule has 2 aromatic rings. The molecule has 206 valence electrons. The standard InChI is InChI=1S/C31H42N2O5/c1-9-32-22-14-15-23(25-24(22)26(35)20-12-10-11-13-21(20)27(25)36)33-16-19(34)17-38-28(37)31(8,30(5,6)7)18-29(2,3)4/h10-15,19,32-34H,9,16-18H2,1-8H3. The summed E-state index contributed by atoms with van der Waals surface area (Å²) < 4.78 is 5.62. The van der Waals surface area contributed by atoms with E-state index in [0.717, 1.165) is 0 Å². The molecule has 2 atom stereocenters. The van der Waals surface area contributed by atoms with Crippen LogP contribution in [0.1, 0.15) is 93.7 Å². The van der Waals surface area contributed by atoms with Gasteiger partial charge in [0.15, 0.2) is 11.6 Å². The zero-order chi connectivity index (χ0) is 28.5. The molecule has 0 aromatic heterocycles. The Labute approximate surface area is 226 Å². The summed E-state index contributed by atoms with van der Waals surface area (Å²) in [4.78, 5) is 40.0. The lowest BCUT2D eigenvalue weighted by Crippen LogP contribution is -2.45. The molecule has 0 spiro atoms. The zero-order valence-corrected chi connectivity index (χ0v) is 24.0. The maximum absolute atomic E-state index is 13.5. The summed E-state index contributed by atoms with van der Waals surface area (Å²) in [5, 5.41) is 17.0. The SMILES string of the molecule is CCNc1ccc(NCC(O)COC(=O)C(C)(CC(C)(C)C)C(C)(C)C)c2c1C(=O)c1ccccc1C2=O. The molecule has 0 fully saturated rings. The van der Waals surface area contributed by atoms with Gasteiger partial charge in [-0.3, -0.25) is 14.4 Å². The number of hydrogen-bond acceptors (Lipinski definition) is 7. The van der Waals surface area contributed by atoms with Gasteiger partial charge in [0, 0.05) is 35.6 Å². The normalized spacial score (nSPS) is 15.7. The average Bonchev–Trinajstić information content (AvgIpc) is 2.83. The van der Waals surface area contributed by atoms with E-state index in [2.05, 4.69) is 31.4 Å². The number of ether oxygens (including phenoxy) is 1. The summed E-state index contributed by atoms with van der Waals surface area (Å²) in [5.74, 6) is -0.810. The first-order valence-corrected chi connectivity index (χ1v) is 13.3. The fourth-order valence-electron chi connectivity index (χ4n) is 5.03. The molecule has 0 saturated carbocycles. The van der Waals surface area contributed by atoms with E-state index in [1.807, 2.05) is 34.6 Å². The largest absolute Gasteiger partial charge is 0.462 e. The predicted molar refractivity (Wildman–Crippen MR) is 151 cm³/mol. The Morgan fingerprint density at radius 2 is 1.37 bits per heavy atom. The average molecular weight is 523 g/mol. The molecule has 1 aliphatic rings. The third-order valence-corrected chi connectivity index (χ3v) is 7.37. The lowest BCUT2D eigenvalue weighted by atomic mass is 9.61. The van der Waals surface area contributed by atoms with Crippen molar-refractivity contribution in [3.05, 3.63) is 58.7 Å². The van der Waals surface area contributed by atoms with Crippen LogP contribution in [0.25, 0.3) is 0 Å². The first-order chi connectivity index (χ1) is 17.6. The van der Waals surface area contributed by atoms with Crippen molar-refractivity contribution in [2.24, 2.45) is 16.2 Å². The van der Waals surface area contributed by atoms with Gasteiger partial charge in [0.05, 0.1) is 16.5 Å². The van der Waals surface area contributed by atoms with E-state index in [-0.39, 0.29) is 47.1 Å². The zero-order valence-electron chi connectivity index (χ0n) is 24.0. The Bertz CT molecular complexity index is 1220. The topological polar surface area (TPSA) is 105 Å². The van der Waals surface area contributed by atoms with Crippen LogP contribution in [0.15, 0.2) is 36.4 Å². The molecule has 0 saturated heterocycles. The second-order valence-electron chi connectivity index (χ2n) is 12.6. The first-order valence-electron chi connectivity index (χ1n) is 13.3. The minimum atomic E-state index is -1.01. The van der Waals surface area contributed by atoms with Crippen LogP contribution >= 0.6 is 0 Å². The minimum absolute atomic E-state index is 0.0366. The fourth-order valence-corrected chi connectivity index (χ4v) is 5.03. The number of esters is 1. The molecule has 0 aliphatic heterocycles. The number of hydrogen-bond donors (Lipinski definition) is 3. The quantitative estimate of drug-likeness (QED) is 0.310. The molecule has 0 amide bonds. The van der Waals surface area contributed by atoms with Crippen LogP contribution in [-0.2, 0) is 9.53 Å². The Morgan fingerprint density at radius 3 is 1.82 bits per heavy atom. The smallest absolute Gasteiger partial charge is 0.312 e. The Balaban J connectivity index is 1.78. The molecular weight excluding hydrogens is 480 g/mol. The Morgan fingerprint density at radius 1 is 0.868 bits per heavy atom. The molecular formula is C31H42N2O5. The molecule has 7 nitrogen and oxygen atoms in total. The van der Waals surface area contributed by atoms with Crippen LogP contribution < -0.4 is 10.6 Å². The molecule has 0 radical (unpaired) electrons. The molecule has 0 heterocycles. The second kappa shape index (κ2) is 10.9. The van der Waals surface area contributed by atoms with Crippen molar-refractivity contribution >= 4 is 28.9 Å². The van der Waals surface area contributed by atoms with E-state index < -0.39 is 11.5 Å². The number of anilines is 2. The van der Waals surface area contributed by atoms with Gasteiger partial charge < -0.3 is 20.5 Å². The van der Waals surface area contributed by atoms with Gasteiger partial charge in [-0.15, -0.1) is 0 Å². The van der Waals surface area contributed by atoms with Crippen molar-refractivity contribution in [1.29, 1.82) is 0 Å². The highest BCUT2D eigenvalue weighted by Crippen LogP contribution is 2.47. The summed E-state index contributed by atoms with van der Waals surface area (Å²) in [6.07, 6.45) is -0.373. The number of carbonyl (C=O) groups is 3. The van der Waals surface area contributed by atoms with E-state index in [1.165, 1.54) is 0 Å². The van der Waals surface area contributed by atoms with Crippen molar-refractivity contribution in [2.75, 3.05) is 30.3 Å². The summed E-state index contributed by atoms with van der Waals surface area (Å²) >= 11 is 0. The van der Waals surface area contributed by atoms with Crippen molar-refractivity contribution in [2.45, 2.75) is 67.9 Å². The van der Waals surface area contributed by atoms with E-state index in [0.29, 0.717) is 41.0 Å². The summed E-state index contributed by atoms with van der Waals surface area (Å²) in [6, 6.07) is 10.3. The van der Waals surface area contributed by atoms with Crippen LogP contribution in [0.3, 0.4) is 0 Å². The van der Waals surface area contributed by atoms with Crippen LogP contribution in [0, 0.1) is 16.2 Å². The third kappa shape index (κ3) is 5.93. The highest BCUT2D eigenvalue weighted by atomic mass is 16.5. The number of carbonyl (C=O) groups excluding carboxylic acids is 3. The monoisotopic (exact) mass is 522 g/mol. The lowest BCUT2D eigenvalue weighted by Gasteiger charge is -2.43. The van der Waals surface area contributed by atoms with Crippen LogP contribution in [0.5, 0.6) is 0 Å². The van der Waals surface area contributed by atoms with Gasteiger partial charge in [-0.25, -0.2) is 0 Å². The van der Waals surface area contributed by atoms with Crippen molar-refractivity contribution in [1.82, 2.24) is 0 Å². The number of fused-ring (bicyclic) bond motifs is 2. The van der Waals surface area contributed by atoms with Crippen molar-refractivity contribution in [3.8, 4) is 0 Å². The van der Waals surface area contributed by atoms with Crippen LogP contribution in [-0.4, -0.2) is 48.4 Å². The highest BCUT2D eigenvalue weighted by Gasteiger charge is 2.47. The maximum atomic E-state index is 13.5. The number of nitrogens with one attached hydrogen (secondary N) is 2. The van der Waals surface area contributed by atoms with E-state index in [1.54, 1.807) is 36.4 Å².